The molecular weight excluding hydrogens is 306 g/mol. The first kappa shape index (κ1) is 11.8. The minimum Gasteiger partial charge on any atom is -0.296 e. The summed E-state index contributed by atoms with van der Waals surface area (Å²) in [5, 5.41) is 0. The van der Waals surface area contributed by atoms with Crippen molar-refractivity contribution in [3.63, 3.8) is 0 Å². The van der Waals surface area contributed by atoms with Gasteiger partial charge < -0.3 is 0 Å². The molecule has 1 aliphatic rings. The Morgan fingerprint density at radius 1 is 1.44 bits per heavy atom. The third kappa shape index (κ3) is 2.21. The minimum absolute atomic E-state index is 0.0363. The van der Waals surface area contributed by atoms with E-state index in [1.165, 1.54) is 16.7 Å². The van der Waals surface area contributed by atoms with Crippen molar-refractivity contribution in [2.45, 2.75) is 0 Å². The average Bonchev–Trinajstić information content (AvgIpc) is 2.50. The molecule has 2 rings (SSSR count). The molecule has 0 N–H and O–H groups in total. The van der Waals surface area contributed by atoms with E-state index in [1.54, 1.807) is 7.05 Å². The summed E-state index contributed by atoms with van der Waals surface area (Å²) in [7, 11) is 1.69. The quantitative estimate of drug-likeness (QED) is 0.586. The fourth-order valence-electron chi connectivity index (χ4n) is 1.28. The highest BCUT2D eigenvalue weighted by atomic mass is 79.9. The van der Waals surface area contributed by atoms with Crippen LogP contribution in [0.1, 0.15) is 5.56 Å². The van der Waals surface area contributed by atoms with Gasteiger partial charge in [0.2, 0.25) is 0 Å². The lowest BCUT2D eigenvalue weighted by atomic mass is 10.2. The van der Waals surface area contributed by atoms with Crippen molar-refractivity contribution in [2.75, 3.05) is 7.05 Å². The lowest BCUT2D eigenvalue weighted by Gasteiger charge is -2.03. The summed E-state index contributed by atoms with van der Waals surface area (Å²) in [5.41, 5.74) is 0.983. The Morgan fingerprint density at radius 2 is 2.12 bits per heavy atom. The summed E-state index contributed by atoms with van der Waals surface area (Å²) >= 11 is 9.84. The molecule has 82 valence electrons. The number of carbonyl (C=O) groups is 1. The molecule has 0 atom stereocenters. The van der Waals surface area contributed by atoms with E-state index in [4.69, 9.17) is 12.2 Å². The smallest absolute Gasteiger partial charge is 0.265 e. The predicted molar refractivity (Wildman–Crippen MR) is 75.1 cm³/mol. The van der Waals surface area contributed by atoms with E-state index in [9.17, 15) is 4.79 Å². The molecule has 5 heteroatoms. The van der Waals surface area contributed by atoms with Gasteiger partial charge in [0.05, 0.1) is 4.91 Å². The molecule has 1 amide bonds. The van der Waals surface area contributed by atoms with Gasteiger partial charge in [-0.15, -0.1) is 0 Å². The molecule has 0 spiro atoms. The maximum absolute atomic E-state index is 11.8. The fraction of sp³-hybridized carbons (Fsp3) is 0.0909. The third-order valence-corrected chi connectivity index (χ3v) is 4.39. The van der Waals surface area contributed by atoms with Crippen LogP contribution in [-0.2, 0) is 4.79 Å². The molecule has 16 heavy (non-hydrogen) atoms. The topological polar surface area (TPSA) is 20.3 Å². The van der Waals surface area contributed by atoms with E-state index >= 15 is 0 Å². The first-order valence-electron chi connectivity index (χ1n) is 4.55. The van der Waals surface area contributed by atoms with Crippen LogP contribution < -0.4 is 0 Å². The summed E-state index contributed by atoms with van der Waals surface area (Å²) in [5.74, 6) is -0.0363. The molecule has 1 aliphatic heterocycles. The zero-order chi connectivity index (χ0) is 11.7. The number of benzene rings is 1. The van der Waals surface area contributed by atoms with Gasteiger partial charge in [-0.05, 0) is 17.7 Å². The highest BCUT2D eigenvalue weighted by molar-refractivity contribution is 9.10. The Balaban J connectivity index is 2.37. The molecule has 0 aromatic heterocycles. The molecule has 1 aromatic rings. The van der Waals surface area contributed by atoms with E-state index in [0.717, 1.165) is 10.0 Å². The van der Waals surface area contributed by atoms with E-state index < -0.39 is 0 Å². The third-order valence-electron chi connectivity index (χ3n) is 2.18. The predicted octanol–water partition coefficient (Wildman–Crippen LogP) is 3.28. The standard InChI is InChI=1S/C11H8BrNOS2/c1-13-10(14)9(16-11(13)15)6-7-4-2-3-5-8(7)12/h2-6H,1H3/b9-6-. The Bertz CT molecular complexity index is 499. The summed E-state index contributed by atoms with van der Waals surface area (Å²) < 4.78 is 1.57. The zero-order valence-electron chi connectivity index (χ0n) is 8.44. The highest BCUT2D eigenvalue weighted by Gasteiger charge is 2.28. The first-order valence-corrected chi connectivity index (χ1v) is 6.57. The number of hydrogen-bond donors (Lipinski definition) is 0. The Labute approximate surface area is 112 Å². The lowest BCUT2D eigenvalue weighted by molar-refractivity contribution is -0.121. The number of rotatable bonds is 1. The molecule has 1 fully saturated rings. The fourth-order valence-corrected chi connectivity index (χ4v) is 2.85. The highest BCUT2D eigenvalue weighted by Crippen LogP contribution is 2.32. The summed E-state index contributed by atoms with van der Waals surface area (Å²) in [6.45, 7) is 0. The summed E-state index contributed by atoms with van der Waals surface area (Å²) in [4.78, 5) is 13.9. The molecule has 1 aromatic carbocycles. The van der Waals surface area contributed by atoms with Gasteiger partial charge in [0, 0.05) is 11.5 Å². The number of halogens is 1. The maximum atomic E-state index is 11.8. The second-order valence-corrected chi connectivity index (χ2v) is 5.79. The van der Waals surface area contributed by atoms with Crippen LogP contribution in [0.2, 0.25) is 0 Å². The largest absolute Gasteiger partial charge is 0.296 e. The molecular formula is C11H8BrNOS2. The van der Waals surface area contributed by atoms with Gasteiger partial charge in [0.1, 0.15) is 4.32 Å². The van der Waals surface area contributed by atoms with Crippen LogP contribution in [0.15, 0.2) is 33.6 Å². The van der Waals surface area contributed by atoms with Crippen molar-refractivity contribution < 1.29 is 4.79 Å². The Hall–Kier alpha value is -0.650. The van der Waals surface area contributed by atoms with Gasteiger partial charge in [-0.1, -0.05) is 58.1 Å². The number of thioether (sulfide) groups is 1. The minimum atomic E-state index is -0.0363. The molecule has 0 bridgehead atoms. The van der Waals surface area contributed by atoms with Crippen molar-refractivity contribution in [2.24, 2.45) is 0 Å². The first-order chi connectivity index (χ1) is 7.59. The van der Waals surface area contributed by atoms with Crippen molar-refractivity contribution >= 4 is 56.2 Å². The van der Waals surface area contributed by atoms with E-state index in [2.05, 4.69) is 15.9 Å². The average molecular weight is 314 g/mol. The molecule has 1 heterocycles. The number of hydrogen-bond acceptors (Lipinski definition) is 3. The van der Waals surface area contributed by atoms with Crippen LogP contribution in [0.5, 0.6) is 0 Å². The van der Waals surface area contributed by atoms with E-state index in [-0.39, 0.29) is 5.91 Å². The number of likely N-dealkylation sites (N-methyl/N-ethyl adjacent to an activating group) is 1. The summed E-state index contributed by atoms with van der Waals surface area (Å²) in [6.07, 6.45) is 1.85. The van der Waals surface area contributed by atoms with Crippen LogP contribution in [0.3, 0.4) is 0 Å². The summed E-state index contributed by atoms with van der Waals surface area (Å²) in [6, 6.07) is 7.76. The van der Waals surface area contributed by atoms with Gasteiger partial charge in [-0.3, -0.25) is 9.69 Å². The van der Waals surface area contributed by atoms with Crippen molar-refractivity contribution in [3.05, 3.63) is 39.2 Å². The van der Waals surface area contributed by atoms with Crippen molar-refractivity contribution in [1.82, 2.24) is 4.90 Å². The van der Waals surface area contributed by atoms with Crippen molar-refractivity contribution in [3.8, 4) is 0 Å². The zero-order valence-corrected chi connectivity index (χ0v) is 11.7. The Morgan fingerprint density at radius 3 is 2.69 bits per heavy atom. The second-order valence-electron chi connectivity index (χ2n) is 3.26. The molecule has 2 nitrogen and oxygen atoms in total. The van der Waals surface area contributed by atoms with Crippen LogP contribution in [0.4, 0.5) is 0 Å². The van der Waals surface area contributed by atoms with E-state index in [0.29, 0.717) is 9.23 Å². The van der Waals surface area contributed by atoms with Crippen LogP contribution in [-0.4, -0.2) is 22.2 Å². The van der Waals surface area contributed by atoms with Crippen LogP contribution in [0.25, 0.3) is 6.08 Å². The van der Waals surface area contributed by atoms with Gasteiger partial charge in [0.15, 0.2) is 0 Å². The molecule has 0 radical (unpaired) electrons. The molecule has 0 aliphatic carbocycles. The van der Waals surface area contributed by atoms with Gasteiger partial charge in [-0.25, -0.2) is 0 Å². The van der Waals surface area contributed by atoms with Crippen molar-refractivity contribution in [1.29, 1.82) is 0 Å². The SMILES string of the molecule is CN1C(=O)/C(=C/c2ccccc2Br)SC1=S. The van der Waals surface area contributed by atoms with Gasteiger partial charge >= 0.3 is 0 Å². The molecule has 0 saturated carbocycles. The van der Waals surface area contributed by atoms with Crippen LogP contribution in [0, 0.1) is 0 Å². The monoisotopic (exact) mass is 313 g/mol. The van der Waals surface area contributed by atoms with Crippen LogP contribution >= 0.6 is 39.9 Å². The number of amides is 1. The maximum Gasteiger partial charge on any atom is 0.265 e. The second kappa shape index (κ2) is 4.69. The lowest BCUT2D eigenvalue weighted by Crippen LogP contribution is -2.22. The number of thiocarbonyl (C=S) groups is 1. The number of nitrogens with zero attached hydrogens (tertiary/aromatic N) is 1. The Kier molecular flexibility index (Phi) is 3.47. The number of carbonyl (C=O) groups excluding carboxylic acids is 1. The van der Waals surface area contributed by atoms with E-state index in [1.807, 2.05) is 30.3 Å². The molecule has 0 unspecified atom stereocenters. The van der Waals surface area contributed by atoms with Gasteiger partial charge in [0.25, 0.3) is 5.91 Å². The van der Waals surface area contributed by atoms with Gasteiger partial charge in [-0.2, -0.15) is 0 Å². The normalized spacial score (nSPS) is 18.6. The molecule has 1 saturated heterocycles.